The highest BCUT2D eigenvalue weighted by molar-refractivity contribution is 5.88. The highest BCUT2D eigenvalue weighted by Crippen LogP contribution is 2.39. The molecule has 0 fully saturated rings. The molecule has 0 radical (unpaired) electrons. The molecule has 6 nitrogen and oxygen atoms in total. The van der Waals surface area contributed by atoms with Crippen LogP contribution >= 0.6 is 12.4 Å². The fraction of sp³-hybridized carbons (Fsp3) is 0.333. The summed E-state index contributed by atoms with van der Waals surface area (Å²) < 4.78 is 5.61. The SMILES string of the molecule is C/C(=N/N(C)C)C(CN(C)C)C(c1ccccc1)c1c(O)c2ccccc2oc1=O.Cl. The third-order valence-corrected chi connectivity index (χ3v) is 5.15. The van der Waals surface area contributed by atoms with Crippen LogP contribution < -0.4 is 5.63 Å². The van der Waals surface area contributed by atoms with E-state index in [2.05, 4.69) is 10.0 Å². The van der Waals surface area contributed by atoms with Crippen molar-refractivity contribution in [3.8, 4) is 5.75 Å². The number of nitrogens with zero attached hydrogens (tertiary/aromatic N) is 3. The quantitative estimate of drug-likeness (QED) is 0.337. The molecule has 166 valence electrons. The van der Waals surface area contributed by atoms with Crippen LogP contribution in [0.15, 0.2) is 68.9 Å². The second kappa shape index (κ2) is 10.5. The van der Waals surface area contributed by atoms with E-state index in [9.17, 15) is 9.90 Å². The summed E-state index contributed by atoms with van der Waals surface area (Å²) >= 11 is 0. The number of hydrazone groups is 1. The lowest BCUT2D eigenvalue weighted by atomic mass is 9.78. The Balaban J connectivity index is 0.00000341. The van der Waals surface area contributed by atoms with Gasteiger partial charge in [-0.3, -0.25) is 0 Å². The van der Waals surface area contributed by atoms with E-state index in [1.807, 2.05) is 71.5 Å². The van der Waals surface area contributed by atoms with Gasteiger partial charge in [-0.15, -0.1) is 12.4 Å². The average Bonchev–Trinajstić information content (AvgIpc) is 2.69. The summed E-state index contributed by atoms with van der Waals surface area (Å²) in [6.45, 7) is 2.61. The Morgan fingerprint density at radius 2 is 1.65 bits per heavy atom. The largest absolute Gasteiger partial charge is 0.507 e. The molecule has 2 unspecified atom stereocenters. The zero-order valence-corrected chi connectivity index (χ0v) is 19.4. The molecule has 2 atom stereocenters. The maximum absolute atomic E-state index is 13.1. The van der Waals surface area contributed by atoms with Gasteiger partial charge in [-0.25, -0.2) is 4.79 Å². The Labute approximate surface area is 189 Å². The maximum Gasteiger partial charge on any atom is 0.343 e. The van der Waals surface area contributed by atoms with Crippen molar-refractivity contribution < 1.29 is 9.52 Å². The summed E-state index contributed by atoms with van der Waals surface area (Å²) in [6, 6.07) is 16.8. The van der Waals surface area contributed by atoms with Crippen LogP contribution in [0.5, 0.6) is 5.75 Å². The van der Waals surface area contributed by atoms with Crippen molar-refractivity contribution in [3.05, 3.63) is 76.1 Å². The highest BCUT2D eigenvalue weighted by atomic mass is 35.5. The first-order valence-electron chi connectivity index (χ1n) is 9.96. The van der Waals surface area contributed by atoms with Crippen molar-refractivity contribution >= 4 is 29.1 Å². The summed E-state index contributed by atoms with van der Waals surface area (Å²) in [5, 5.41) is 18.1. The predicted molar refractivity (Wildman–Crippen MR) is 129 cm³/mol. The van der Waals surface area contributed by atoms with Gasteiger partial charge in [0, 0.05) is 38.2 Å². The summed E-state index contributed by atoms with van der Waals surface area (Å²) in [5.41, 5.74) is 1.91. The van der Waals surface area contributed by atoms with Gasteiger partial charge in [0.05, 0.1) is 10.9 Å². The molecule has 2 aromatic carbocycles. The standard InChI is InChI=1S/C24H29N3O3.ClH/c1-16(25-27(4)5)19(15-26(2)3)21(17-11-7-6-8-12-17)22-23(28)18-13-9-10-14-20(18)30-24(22)29;/h6-14,19,21,28H,15H2,1-5H3;1H/b25-16-;. The number of fused-ring (bicyclic) bond motifs is 1. The van der Waals surface area contributed by atoms with Gasteiger partial charge in [-0.05, 0) is 38.7 Å². The summed E-state index contributed by atoms with van der Waals surface area (Å²) in [5.74, 6) is -0.602. The second-order valence-electron chi connectivity index (χ2n) is 7.99. The molecule has 3 aromatic rings. The fourth-order valence-corrected chi connectivity index (χ4v) is 3.94. The minimum Gasteiger partial charge on any atom is -0.507 e. The van der Waals surface area contributed by atoms with E-state index in [4.69, 9.17) is 4.42 Å². The van der Waals surface area contributed by atoms with Crippen LogP contribution in [0.2, 0.25) is 0 Å². The van der Waals surface area contributed by atoms with Gasteiger partial charge >= 0.3 is 5.63 Å². The molecular weight excluding hydrogens is 414 g/mol. The van der Waals surface area contributed by atoms with Crippen molar-refractivity contribution in [1.29, 1.82) is 0 Å². The van der Waals surface area contributed by atoms with Gasteiger partial charge in [-0.1, -0.05) is 42.5 Å². The molecular formula is C24H30ClN3O3. The Hall–Kier alpha value is -2.83. The van der Waals surface area contributed by atoms with E-state index < -0.39 is 11.5 Å². The molecule has 0 bridgehead atoms. The molecule has 1 heterocycles. The Kier molecular flexibility index (Phi) is 8.25. The number of para-hydroxylation sites is 1. The van der Waals surface area contributed by atoms with Crippen LogP contribution in [0.25, 0.3) is 11.0 Å². The summed E-state index contributed by atoms with van der Waals surface area (Å²) in [6.07, 6.45) is 0. The number of aromatic hydroxyl groups is 1. The van der Waals surface area contributed by atoms with Crippen molar-refractivity contribution in [2.45, 2.75) is 12.8 Å². The zero-order chi connectivity index (χ0) is 21.8. The lowest BCUT2D eigenvalue weighted by molar-refractivity contribution is 0.340. The lowest BCUT2D eigenvalue weighted by Crippen LogP contribution is -2.35. The molecule has 0 aliphatic rings. The van der Waals surface area contributed by atoms with Crippen LogP contribution in [-0.2, 0) is 0 Å². The second-order valence-corrected chi connectivity index (χ2v) is 7.99. The molecule has 0 spiro atoms. The minimum atomic E-state index is -0.526. The summed E-state index contributed by atoms with van der Waals surface area (Å²) in [7, 11) is 7.71. The molecule has 1 aromatic heterocycles. The Bertz CT molecular complexity index is 1090. The van der Waals surface area contributed by atoms with E-state index in [-0.39, 0.29) is 29.6 Å². The molecule has 31 heavy (non-hydrogen) atoms. The van der Waals surface area contributed by atoms with Crippen molar-refractivity contribution in [2.75, 3.05) is 34.7 Å². The molecule has 0 aliphatic carbocycles. The average molecular weight is 444 g/mol. The van der Waals surface area contributed by atoms with Crippen LogP contribution in [0.4, 0.5) is 0 Å². The van der Waals surface area contributed by atoms with Crippen LogP contribution in [0.1, 0.15) is 24.0 Å². The first-order chi connectivity index (χ1) is 14.3. The van der Waals surface area contributed by atoms with Crippen LogP contribution in [0.3, 0.4) is 0 Å². The van der Waals surface area contributed by atoms with E-state index in [1.165, 1.54) is 0 Å². The third kappa shape index (κ3) is 5.46. The topological polar surface area (TPSA) is 69.3 Å². The highest BCUT2D eigenvalue weighted by Gasteiger charge is 2.33. The molecule has 0 saturated heterocycles. The van der Waals surface area contributed by atoms with Gasteiger partial charge in [0.1, 0.15) is 11.3 Å². The monoisotopic (exact) mass is 443 g/mol. The molecule has 0 aliphatic heterocycles. The van der Waals surface area contributed by atoms with Gasteiger partial charge < -0.3 is 19.4 Å². The predicted octanol–water partition coefficient (Wildman–Crippen LogP) is 4.17. The van der Waals surface area contributed by atoms with Gasteiger partial charge in [-0.2, -0.15) is 5.10 Å². The molecule has 1 N–H and O–H groups in total. The van der Waals surface area contributed by atoms with Gasteiger partial charge in [0.2, 0.25) is 0 Å². The van der Waals surface area contributed by atoms with Gasteiger partial charge in [0.15, 0.2) is 0 Å². The van der Waals surface area contributed by atoms with E-state index in [0.29, 0.717) is 17.5 Å². The summed E-state index contributed by atoms with van der Waals surface area (Å²) in [4.78, 5) is 15.2. The zero-order valence-electron chi connectivity index (χ0n) is 18.6. The number of hydrogen-bond donors (Lipinski definition) is 1. The normalized spacial score (nSPS) is 13.7. The molecule has 7 heteroatoms. The minimum absolute atomic E-state index is 0. The molecule has 0 amide bonds. The van der Waals surface area contributed by atoms with E-state index in [0.717, 1.165) is 11.3 Å². The lowest BCUT2D eigenvalue weighted by Gasteiger charge is -2.30. The number of halogens is 1. The van der Waals surface area contributed by atoms with Crippen molar-refractivity contribution in [1.82, 2.24) is 9.91 Å². The Morgan fingerprint density at radius 3 is 2.26 bits per heavy atom. The molecule has 3 rings (SSSR count). The van der Waals surface area contributed by atoms with E-state index in [1.54, 1.807) is 23.2 Å². The van der Waals surface area contributed by atoms with E-state index >= 15 is 0 Å². The first-order valence-corrected chi connectivity index (χ1v) is 9.96. The van der Waals surface area contributed by atoms with Crippen LogP contribution in [-0.4, -0.2) is 55.5 Å². The number of benzene rings is 2. The molecule has 0 saturated carbocycles. The van der Waals surface area contributed by atoms with Crippen molar-refractivity contribution in [3.63, 3.8) is 0 Å². The first kappa shape index (κ1) is 24.4. The van der Waals surface area contributed by atoms with Crippen molar-refractivity contribution in [2.24, 2.45) is 11.0 Å². The fourth-order valence-electron chi connectivity index (χ4n) is 3.94. The third-order valence-electron chi connectivity index (χ3n) is 5.15. The van der Waals surface area contributed by atoms with Crippen LogP contribution in [0, 0.1) is 5.92 Å². The smallest absolute Gasteiger partial charge is 0.343 e. The maximum atomic E-state index is 13.1. The Morgan fingerprint density at radius 1 is 1.03 bits per heavy atom. The van der Waals surface area contributed by atoms with Gasteiger partial charge in [0.25, 0.3) is 0 Å². The number of hydrogen-bond acceptors (Lipinski definition) is 6. The number of rotatable bonds is 7.